The molecule has 0 saturated carbocycles. The molecule has 1 saturated heterocycles. The topological polar surface area (TPSA) is 40.5 Å². The van der Waals surface area contributed by atoms with Gasteiger partial charge in [0.1, 0.15) is 6.61 Å². The number of hydrogen-bond acceptors (Lipinski definition) is 3. The number of carbonyl (C=O) groups is 1. The van der Waals surface area contributed by atoms with Gasteiger partial charge in [-0.25, -0.2) is 0 Å². The highest BCUT2D eigenvalue weighted by Crippen LogP contribution is 2.22. The van der Waals surface area contributed by atoms with Crippen LogP contribution in [0.15, 0.2) is 24.3 Å². The van der Waals surface area contributed by atoms with Crippen molar-refractivity contribution in [1.82, 2.24) is 4.90 Å². The third kappa shape index (κ3) is 3.78. The van der Waals surface area contributed by atoms with Crippen LogP contribution >= 0.6 is 11.8 Å². The number of benzene rings is 1. The van der Waals surface area contributed by atoms with Gasteiger partial charge in [0.2, 0.25) is 0 Å². The lowest BCUT2D eigenvalue weighted by atomic mass is 10.1. The molecule has 0 spiro atoms. The molecule has 2 rings (SSSR count). The monoisotopic (exact) mass is 289 g/mol. The number of carbonyl (C=O) groups excluding carboxylic acids is 1. The molecule has 1 aromatic carbocycles. The van der Waals surface area contributed by atoms with E-state index in [1.54, 1.807) is 6.07 Å². The van der Waals surface area contributed by atoms with Gasteiger partial charge in [-0.05, 0) is 24.6 Å². The quantitative estimate of drug-likeness (QED) is 0.847. The van der Waals surface area contributed by atoms with Crippen molar-refractivity contribution < 1.29 is 9.90 Å². The van der Waals surface area contributed by atoms with Crippen molar-refractivity contribution in [3.8, 4) is 11.8 Å². The highest BCUT2D eigenvalue weighted by Gasteiger charge is 2.23. The van der Waals surface area contributed by atoms with E-state index in [9.17, 15) is 4.79 Å². The van der Waals surface area contributed by atoms with Crippen LogP contribution in [0.2, 0.25) is 0 Å². The molecule has 0 radical (unpaired) electrons. The highest BCUT2D eigenvalue weighted by molar-refractivity contribution is 8.00. The van der Waals surface area contributed by atoms with E-state index in [1.165, 1.54) is 0 Å². The third-order valence-electron chi connectivity index (χ3n) is 3.30. The largest absolute Gasteiger partial charge is 0.384 e. The average molecular weight is 289 g/mol. The number of rotatable bonds is 2. The first kappa shape index (κ1) is 15.0. The van der Waals surface area contributed by atoms with Crippen molar-refractivity contribution in [2.75, 3.05) is 25.4 Å². The molecule has 1 aliphatic rings. The van der Waals surface area contributed by atoms with Gasteiger partial charge in [-0.3, -0.25) is 4.79 Å². The molecule has 1 amide bonds. The number of aliphatic hydroxyl groups excluding tert-OH is 1. The van der Waals surface area contributed by atoms with Gasteiger partial charge in [0.25, 0.3) is 5.91 Å². The number of nitrogens with zero attached hydrogens (tertiary/aromatic N) is 1. The van der Waals surface area contributed by atoms with Crippen molar-refractivity contribution in [3.63, 3.8) is 0 Å². The summed E-state index contributed by atoms with van der Waals surface area (Å²) in [5.74, 6) is 6.53. The summed E-state index contributed by atoms with van der Waals surface area (Å²) < 4.78 is 0. The predicted octanol–water partition coefficient (Wildman–Crippen LogP) is 2.00. The molecule has 1 heterocycles. The second-order valence-corrected chi connectivity index (χ2v) is 6.10. The molecule has 106 valence electrons. The van der Waals surface area contributed by atoms with Crippen molar-refractivity contribution >= 4 is 17.7 Å². The first-order valence-electron chi connectivity index (χ1n) is 6.85. The van der Waals surface area contributed by atoms with E-state index in [4.69, 9.17) is 5.11 Å². The Morgan fingerprint density at radius 2 is 2.40 bits per heavy atom. The Morgan fingerprint density at radius 3 is 3.15 bits per heavy atom. The molecule has 1 atom stereocenters. The summed E-state index contributed by atoms with van der Waals surface area (Å²) in [6, 6.07) is 7.31. The first-order valence-corrected chi connectivity index (χ1v) is 7.90. The predicted molar refractivity (Wildman–Crippen MR) is 82.8 cm³/mol. The molecule has 3 nitrogen and oxygen atoms in total. The zero-order chi connectivity index (χ0) is 14.4. The standard InChI is InChI=1S/C16H19NO2S/c1-2-15-12-17(8-10-20-15)16(19)14-7-3-5-13(11-14)6-4-9-18/h3,5,7,11,15,18H,2,8-10,12H2,1H3. The molecule has 4 heteroatoms. The maximum absolute atomic E-state index is 12.5. The minimum Gasteiger partial charge on any atom is -0.384 e. The fourth-order valence-electron chi connectivity index (χ4n) is 2.20. The third-order valence-corrected chi connectivity index (χ3v) is 4.67. The van der Waals surface area contributed by atoms with Crippen LogP contribution in [0.3, 0.4) is 0 Å². The van der Waals surface area contributed by atoms with Crippen molar-refractivity contribution in [2.45, 2.75) is 18.6 Å². The summed E-state index contributed by atoms with van der Waals surface area (Å²) in [6.45, 7) is 3.63. The van der Waals surface area contributed by atoms with Gasteiger partial charge in [0, 0.05) is 35.2 Å². The second kappa shape index (κ2) is 7.37. The molecule has 1 fully saturated rings. The Bertz CT molecular complexity index is 533. The SMILES string of the molecule is CCC1CN(C(=O)c2cccc(C#CCO)c2)CCS1. The van der Waals surface area contributed by atoms with Crippen LogP contribution in [0.5, 0.6) is 0 Å². The maximum atomic E-state index is 12.5. The molecule has 0 aromatic heterocycles. The van der Waals surface area contributed by atoms with Gasteiger partial charge >= 0.3 is 0 Å². The molecule has 20 heavy (non-hydrogen) atoms. The van der Waals surface area contributed by atoms with E-state index in [0.717, 1.165) is 30.8 Å². The molecule has 1 N–H and O–H groups in total. The molecule has 0 aliphatic carbocycles. The van der Waals surface area contributed by atoms with Gasteiger partial charge in [-0.1, -0.05) is 24.8 Å². The van der Waals surface area contributed by atoms with E-state index in [0.29, 0.717) is 10.8 Å². The van der Waals surface area contributed by atoms with Crippen LogP contribution in [-0.2, 0) is 0 Å². The minimum atomic E-state index is -0.167. The van der Waals surface area contributed by atoms with E-state index >= 15 is 0 Å². The van der Waals surface area contributed by atoms with Gasteiger partial charge in [-0.2, -0.15) is 11.8 Å². The van der Waals surface area contributed by atoms with Gasteiger partial charge in [0.15, 0.2) is 0 Å². The maximum Gasteiger partial charge on any atom is 0.253 e. The fraction of sp³-hybridized carbons (Fsp3) is 0.438. The highest BCUT2D eigenvalue weighted by atomic mass is 32.2. The lowest BCUT2D eigenvalue weighted by Crippen LogP contribution is -2.41. The second-order valence-electron chi connectivity index (χ2n) is 4.69. The Hall–Kier alpha value is -1.44. The van der Waals surface area contributed by atoms with Crippen molar-refractivity contribution in [2.24, 2.45) is 0 Å². The zero-order valence-corrected chi connectivity index (χ0v) is 12.4. The summed E-state index contributed by atoms with van der Waals surface area (Å²) in [5, 5.41) is 9.26. The fourth-order valence-corrected chi connectivity index (χ4v) is 3.39. The first-order chi connectivity index (χ1) is 9.74. The Morgan fingerprint density at radius 1 is 1.55 bits per heavy atom. The summed E-state index contributed by atoms with van der Waals surface area (Å²) in [6.07, 6.45) is 1.09. The van der Waals surface area contributed by atoms with Crippen LogP contribution < -0.4 is 0 Å². The molecular weight excluding hydrogens is 270 g/mol. The van der Waals surface area contributed by atoms with Gasteiger partial charge in [-0.15, -0.1) is 0 Å². The summed E-state index contributed by atoms with van der Waals surface area (Å²) in [7, 11) is 0. The molecule has 1 unspecified atom stereocenters. The number of thioether (sulfide) groups is 1. The van der Waals surface area contributed by atoms with Gasteiger partial charge in [0.05, 0.1) is 0 Å². The van der Waals surface area contributed by atoms with E-state index < -0.39 is 0 Å². The van der Waals surface area contributed by atoms with E-state index in [2.05, 4.69) is 18.8 Å². The summed E-state index contributed by atoms with van der Waals surface area (Å²) in [5.41, 5.74) is 1.44. The van der Waals surface area contributed by atoms with Crippen LogP contribution in [0.1, 0.15) is 29.3 Å². The lowest BCUT2D eigenvalue weighted by molar-refractivity contribution is 0.0761. The zero-order valence-electron chi connectivity index (χ0n) is 11.6. The summed E-state index contributed by atoms with van der Waals surface area (Å²) in [4.78, 5) is 14.4. The lowest BCUT2D eigenvalue weighted by Gasteiger charge is -2.32. The van der Waals surface area contributed by atoms with Crippen LogP contribution in [-0.4, -0.2) is 46.6 Å². The van der Waals surface area contributed by atoms with Crippen molar-refractivity contribution in [1.29, 1.82) is 0 Å². The van der Waals surface area contributed by atoms with E-state index in [1.807, 2.05) is 34.9 Å². The number of amides is 1. The van der Waals surface area contributed by atoms with E-state index in [-0.39, 0.29) is 12.5 Å². The minimum absolute atomic E-state index is 0.0800. The molecular formula is C16H19NO2S. The van der Waals surface area contributed by atoms with Crippen LogP contribution in [0.25, 0.3) is 0 Å². The Kier molecular flexibility index (Phi) is 5.51. The normalized spacial score (nSPS) is 18.3. The molecule has 1 aromatic rings. The average Bonchev–Trinajstić information content (AvgIpc) is 2.52. The number of hydrogen-bond donors (Lipinski definition) is 1. The number of aliphatic hydroxyl groups is 1. The summed E-state index contributed by atoms with van der Waals surface area (Å²) >= 11 is 1.95. The van der Waals surface area contributed by atoms with Crippen LogP contribution in [0.4, 0.5) is 0 Å². The van der Waals surface area contributed by atoms with Crippen molar-refractivity contribution in [3.05, 3.63) is 35.4 Å². The van der Waals surface area contributed by atoms with Gasteiger partial charge < -0.3 is 10.0 Å². The molecule has 1 aliphatic heterocycles. The Balaban J connectivity index is 2.12. The van der Waals surface area contributed by atoms with Crippen LogP contribution in [0, 0.1) is 11.8 Å². The smallest absolute Gasteiger partial charge is 0.253 e. The molecule has 0 bridgehead atoms. The Labute approximate surface area is 124 Å².